The second-order valence-corrected chi connectivity index (χ2v) is 6.27. The Morgan fingerprint density at radius 3 is 2.37 bits per heavy atom. The average Bonchev–Trinajstić information content (AvgIpc) is 2.99. The Morgan fingerprint density at radius 1 is 1.32 bits per heavy atom. The number of ether oxygens (including phenoxy) is 1. The highest BCUT2D eigenvalue weighted by Gasteiger charge is 2.49. The van der Waals surface area contributed by atoms with Crippen LogP contribution in [0.3, 0.4) is 0 Å². The van der Waals surface area contributed by atoms with Crippen LogP contribution in [-0.2, 0) is 4.74 Å². The van der Waals surface area contributed by atoms with Gasteiger partial charge in [-0.1, -0.05) is 20.8 Å². The molecule has 2 rings (SSSR count). The summed E-state index contributed by atoms with van der Waals surface area (Å²) >= 11 is 0. The standard InChI is InChI=1S/C14H27N3O.HI/c1-6-15-13(16-10-7-9(10)2)17-11-8-12(18-5)14(11,3)4;/h9-12H,6-8H2,1-5H3,(H2,15,16,17);1H. The summed E-state index contributed by atoms with van der Waals surface area (Å²) in [6.45, 7) is 9.67. The molecule has 0 aromatic rings. The summed E-state index contributed by atoms with van der Waals surface area (Å²) in [5, 5.41) is 7.07. The van der Waals surface area contributed by atoms with Crippen molar-refractivity contribution in [1.29, 1.82) is 0 Å². The van der Waals surface area contributed by atoms with Gasteiger partial charge in [-0.3, -0.25) is 4.99 Å². The molecule has 4 unspecified atom stereocenters. The number of nitrogens with one attached hydrogen (secondary N) is 2. The van der Waals surface area contributed by atoms with Gasteiger partial charge in [-0.15, -0.1) is 24.0 Å². The molecule has 2 N–H and O–H groups in total. The molecule has 112 valence electrons. The van der Waals surface area contributed by atoms with Crippen LogP contribution in [0.1, 0.15) is 40.5 Å². The van der Waals surface area contributed by atoms with Gasteiger partial charge < -0.3 is 15.4 Å². The number of guanidine groups is 1. The number of aliphatic imine (C=N–C) groups is 1. The number of nitrogens with zero attached hydrogens (tertiary/aromatic N) is 1. The van der Waals surface area contributed by atoms with E-state index in [-0.39, 0.29) is 29.4 Å². The van der Waals surface area contributed by atoms with Crippen LogP contribution in [0.4, 0.5) is 0 Å². The van der Waals surface area contributed by atoms with Crippen molar-refractivity contribution >= 4 is 29.9 Å². The van der Waals surface area contributed by atoms with Crippen LogP contribution in [-0.4, -0.2) is 37.8 Å². The van der Waals surface area contributed by atoms with Crippen molar-refractivity contribution in [1.82, 2.24) is 10.6 Å². The normalized spacial score (nSPS) is 35.9. The van der Waals surface area contributed by atoms with Gasteiger partial charge in [-0.05, 0) is 25.7 Å². The number of methoxy groups -OCH3 is 1. The van der Waals surface area contributed by atoms with E-state index in [0.29, 0.717) is 18.2 Å². The third-order valence-corrected chi connectivity index (χ3v) is 4.52. The summed E-state index contributed by atoms with van der Waals surface area (Å²) < 4.78 is 5.48. The van der Waals surface area contributed by atoms with E-state index in [9.17, 15) is 0 Å². The van der Waals surface area contributed by atoms with Gasteiger partial charge in [0.05, 0.1) is 6.10 Å². The van der Waals surface area contributed by atoms with Crippen molar-refractivity contribution in [3.8, 4) is 0 Å². The Hall–Kier alpha value is -0.0400. The molecule has 0 spiro atoms. The first kappa shape index (κ1) is 17.0. The molecule has 0 bridgehead atoms. The van der Waals surface area contributed by atoms with E-state index in [4.69, 9.17) is 4.74 Å². The first-order valence-electron chi connectivity index (χ1n) is 7.09. The molecule has 0 aromatic heterocycles. The van der Waals surface area contributed by atoms with Gasteiger partial charge in [0.2, 0.25) is 0 Å². The van der Waals surface area contributed by atoms with E-state index in [1.165, 1.54) is 6.42 Å². The van der Waals surface area contributed by atoms with Gasteiger partial charge >= 0.3 is 0 Å². The van der Waals surface area contributed by atoms with Crippen molar-refractivity contribution in [2.24, 2.45) is 16.3 Å². The summed E-state index contributed by atoms with van der Waals surface area (Å²) in [6, 6.07) is 1.07. The van der Waals surface area contributed by atoms with Crippen molar-refractivity contribution in [2.75, 3.05) is 13.7 Å². The van der Waals surface area contributed by atoms with Crippen LogP contribution >= 0.6 is 24.0 Å². The maximum atomic E-state index is 5.48. The summed E-state index contributed by atoms with van der Waals surface area (Å²) in [6.07, 6.45) is 2.69. The zero-order chi connectivity index (χ0) is 13.3. The van der Waals surface area contributed by atoms with E-state index in [0.717, 1.165) is 24.8 Å². The zero-order valence-electron chi connectivity index (χ0n) is 12.7. The lowest BCUT2D eigenvalue weighted by molar-refractivity contribution is -0.0922. The highest BCUT2D eigenvalue weighted by Crippen LogP contribution is 2.42. The fourth-order valence-electron chi connectivity index (χ4n) is 2.69. The minimum Gasteiger partial charge on any atom is -0.381 e. The Kier molecular flexibility index (Phi) is 5.92. The average molecular weight is 381 g/mol. The fraction of sp³-hybridized carbons (Fsp3) is 0.929. The molecule has 0 heterocycles. The largest absolute Gasteiger partial charge is 0.381 e. The van der Waals surface area contributed by atoms with E-state index in [2.05, 4.69) is 43.3 Å². The number of halogens is 1. The summed E-state index contributed by atoms with van der Waals surface area (Å²) in [7, 11) is 1.80. The van der Waals surface area contributed by atoms with Crippen LogP contribution in [0, 0.1) is 11.3 Å². The molecule has 0 radical (unpaired) electrons. The van der Waals surface area contributed by atoms with Crippen molar-refractivity contribution in [3.63, 3.8) is 0 Å². The van der Waals surface area contributed by atoms with Crippen molar-refractivity contribution < 1.29 is 4.74 Å². The van der Waals surface area contributed by atoms with Gasteiger partial charge in [-0.25, -0.2) is 0 Å². The number of hydrogen-bond acceptors (Lipinski definition) is 2. The highest BCUT2D eigenvalue weighted by atomic mass is 127. The molecule has 0 aromatic carbocycles. The maximum Gasteiger partial charge on any atom is 0.191 e. The smallest absolute Gasteiger partial charge is 0.191 e. The fourth-order valence-corrected chi connectivity index (χ4v) is 2.69. The molecule has 4 atom stereocenters. The lowest BCUT2D eigenvalue weighted by Gasteiger charge is -2.51. The topological polar surface area (TPSA) is 45.7 Å². The molecular weight excluding hydrogens is 353 g/mol. The van der Waals surface area contributed by atoms with E-state index < -0.39 is 0 Å². The maximum absolute atomic E-state index is 5.48. The monoisotopic (exact) mass is 381 g/mol. The van der Waals surface area contributed by atoms with E-state index >= 15 is 0 Å². The number of hydrogen-bond donors (Lipinski definition) is 2. The first-order chi connectivity index (χ1) is 8.48. The second-order valence-electron chi connectivity index (χ2n) is 6.27. The Balaban J connectivity index is 0.00000180. The highest BCUT2D eigenvalue weighted by molar-refractivity contribution is 14.0. The van der Waals surface area contributed by atoms with Gasteiger partial charge in [0.25, 0.3) is 0 Å². The lowest BCUT2D eigenvalue weighted by Crippen LogP contribution is -2.63. The van der Waals surface area contributed by atoms with E-state index in [1.807, 2.05) is 0 Å². The van der Waals surface area contributed by atoms with Gasteiger partial charge in [-0.2, -0.15) is 0 Å². The third kappa shape index (κ3) is 3.74. The SMILES string of the molecule is CCN=C(NC1CC1C)NC1CC(OC)C1(C)C.I. The predicted molar refractivity (Wildman–Crippen MR) is 90.2 cm³/mol. The van der Waals surface area contributed by atoms with Gasteiger partial charge in [0.1, 0.15) is 0 Å². The van der Waals surface area contributed by atoms with Crippen LogP contribution in [0.25, 0.3) is 0 Å². The molecular formula is C14H28IN3O. The molecule has 2 aliphatic carbocycles. The summed E-state index contributed by atoms with van der Waals surface area (Å²) in [5.41, 5.74) is 0.181. The van der Waals surface area contributed by atoms with Crippen LogP contribution in [0.2, 0.25) is 0 Å². The van der Waals surface area contributed by atoms with Crippen LogP contribution in [0.5, 0.6) is 0 Å². The van der Waals surface area contributed by atoms with Gasteiger partial charge in [0.15, 0.2) is 5.96 Å². The second kappa shape index (κ2) is 6.61. The molecule has 0 amide bonds. The Morgan fingerprint density at radius 2 is 1.95 bits per heavy atom. The van der Waals surface area contributed by atoms with Crippen molar-refractivity contribution in [2.45, 2.75) is 58.7 Å². The summed E-state index contributed by atoms with van der Waals surface area (Å²) in [5.74, 6) is 1.76. The quantitative estimate of drug-likeness (QED) is 0.447. The molecule has 0 saturated heterocycles. The van der Waals surface area contributed by atoms with Gasteiger partial charge in [0, 0.05) is 31.2 Å². The Bertz CT molecular complexity index is 333. The van der Waals surface area contributed by atoms with E-state index in [1.54, 1.807) is 7.11 Å². The number of rotatable bonds is 4. The predicted octanol–water partition coefficient (Wildman–Crippen LogP) is 2.38. The minimum absolute atomic E-state index is 0. The summed E-state index contributed by atoms with van der Waals surface area (Å²) in [4.78, 5) is 4.53. The zero-order valence-corrected chi connectivity index (χ0v) is 15.0. The molecule has 5 heteroatoms. The Labute approximate surface area is 134 Å². The first-order valence-corrected chi connectivity index (χ1v) is 7.09. The lowest BCUT2D eigenvalue weighted by atomic mass is 9.64. The third-order valence-electron chi connectivity index (χ3n) is 4.52. The molecule has 2 aliphatic rings. The minimum atomic E-state index is 0. The molecule has 2 fully saturated rings. The molecule has 4 nitrogen and oxygen atoms in total. The van der Waals surface area contributed by atoms with Crippen LogP contribution < -0.4 is 10.6 Å². The molecule has 0 aliphatic heterocycles. The van der Waals surface area contributed by atoms with Crippen LogP contribution in [0.15, 0.2) is 4.99 Å². The van der Waals surface area contributed by atoms with Crippen molar-refractivity contribution in [3.05, 3.63) is 0 Å². The molecule has 2 saturated carbocycles. The molecule has 19 heavy (non-hydrogen) atoms.